The molecule has 0 amide bonds. The Balaban J connectivity index is 1.68. The summed E-state index contributed by atoms with van der Waals surface area (Å²) in [7, 11) is 1.86. The lowest BCUT2D eigenvalue weighted by molar-refractivity contribution is -0.137. The highest BCUT2D eigenvalue weighted by molar-refractivity contribution is 5.93. The molecule has 0 bridgehead atoms. The van der Waals surface area contributed by atoms with Crippen LogP contribution in [-0.2, 0) is 18.4 Å². The third-order valence-corrected chi connectivity index (χ3v) is 5.41. The Morgan fingerprint density at radius 1 is 1.06 bits per heavy atom. The molecule has 1 N–H and O–H groups in total. The van der Waals surface area contributed by atoms with E-state index in [1.807, 2.05) is 26.1 Å². The Labute approximate surface area is 175 Å². The van der Waals surface area contributed by atoms with E-state index < -0.39 is 18.2 Å². The number of carbonyl (C=O) groups is 1. The Morgan fingerprint density at radius 2 is 1.90 bits per heavy atom. The Kier molecular flexibility index (Phi) is 4.18. The van der Waals surface area contributed by atoms with Gasteiger partial charge >= 0.3 is 11.7 Å². The molecule has 1 aromatic carbocycles. The van der Waals surface area contributed by atoms with Crippen LogP contribution >= 0.6 is 0 Å². The Bertz CT molecular complexity index is 1530. The number of fused-ring (bicyclic) bond motifs is 2. The number of aromatic nitrogens is 6. The highest BCUT2D eigenvalue weighted by atomic mass is 16.4. The minimum atomic E-state index is -1.08. The number of carboxylic acids is 1. The molecule has 0 aliphatic heterocycles. The highest BCUT2D eigenvalue weighted by Gasteiger charge is 2.19. The lowest BCUT2D eigenvalue weighted by atomic mass is 10.1. The number of imidazole rings is 1. The number of hydrogen-bond acceptors (Lipinski definition) is 5. The van der Waals surface area contributed by atoms with Gasteiger partial charge in [0, 0.05) is 36.0 Å². The highest BCUT2D eigenvalue weighted by Crippen LogP contribution is 2.28. The van der Waals surface area contributed by atoms with Crippen LogP contribution in [0.25, 0.3) is 38.9 Å². The van der Waals surface area contributed by atoms with E-state index in [9.17, 15) is 14.7 Å². The van der Waals surface area contributed by atoms with Gasteiger partial charge in [0.25, 0.3) is 0 Å². The predicted octanol–water partition coefficient (Wildman–Crippen LogP) is 2.53. The zero-order chi connectivity index (χ0) is 21.7. The lowest BCUT2D eigenvalue weighted by Crippen LogP contribution is -2.26. The monoisotopic (exact) mass is 414 g/mol. The third-order valence-electron chi connectivity index (χ3n) is 5.41. The van der Waals surface area contributed by atoms with Crippen molar-refractivity contribution in [2.24, 2.45) is 7.05 Å². The SMILES string of the molecule is Cc1cccc2c1n(-c1ccc(-c3cncc4c3cnn4C)cn1)c(=O)n2CC(=O)O. The normalized spacial score (nSPS) is 11.4. The van der Waals surface area contributed by atoms with Gasteiger partial charge in [-0.15, -0.1) is 0 Å². The van der Waals surface area contributed by atoms with E-state index in [2.05, 4.69) is 15.1 Å². The van der Waals surface area contributed by atoms with Crippen molar-refractivity contribution in [2.75, 3.05) is 0 Å². The first-order valence-electron chi connectivity index (χ1n) is 9.61. The summed E-state index contributed by atoms with van der Waals surface area (Å²) >= 11 is 0. The predicted molar refractivity (Wildman–Crippen MR) is 115 cm³/mol. The molecule has 0 unspecified atom stereocenters. The van der Waals surface area contributed by atoms with Crippen LogP contribution in [0.4, 0.5) is 0 Å². The first kappa shape index (κ1) is 18.7. The van der Waals surface area contributed by atoms with Crippen molar-refractivity contribution < 1.29 is 9.90 Å². The summed E-state index contributed by atoms with van der Waals surface area (Å²) in [6, 6.07) is 9.05. The summed E-state index contributed by atoms with van der Waals surface area (Å²) in [5, 5.41) is 14.5. The minimum absolute atomic E-state index is 0.418. The molecule has 9 heteroatoms. The number of aliphatic carboxylic acids is 1. The maximum absolute atomic E-state index is 13.1. The van der Waals surface area contributed by atoms with Crippen LogP contribution in [-0.4, -0.2) is 40.0 Å². The standard InChI is InChI=1S/C22H18N6O3/c1-13-4-3-5-17-21(13)28(22(31)27(17)12-20(29)30)19-7-6-14(8-24-19)15-9-23-11-18-16(15)10-25-26(18)2/h3-11H,12H2,1-2H3,(H,29,30). The van der Waals surface area contributed by atoms with Crippen molar-refractivity contribution in [1.29, 1.82) is 0 Å². The molecule has 154 valence electrons. The number of para-hydroxylation sites is 1. The summed E-state index contributed by atoms with van der Waals surface area (Å²) in [6.45, 7) is 1.46. The number of nitrogens with zero attached hydrogens (tertiary/aromatic N) is 6. The van der Waals surface area contributed by atoms with Gasteiger partial charge in [0.1, 0.15) is 12.4 Å². The second-order valence-electron chi connectivity index (χ2n) is 7.33. The molecule has 0 saturated carbocycles. The largest absolute Gasteiger partial charge is 0.480 e. The van der Waals surface area contributed by atoms with Crippen molar-refractivity contribution in [1.82, 2.24) is 28.9 Å². The fraction of sp³-hybridized carbons (Fsp3) is 0.136. The summed E-state index contributed by atoms with van der Waals surface area (Å²) in [5.74, 6) is -0.661. The minimum Gasteiger partial charge on any atom is -0.480 e. The molecule has 4 heterocycles. The van der Waals surface area contributed by atoms with E-state index in [0.29, 0.717) is 16.9 Å². The molecule has 4 aromatic heterocycles. The zero-order valence-electron chi connectivity index (χ0n) is 16.9. The molecule has 0 atom stereocenters. The number of carboxylic acid groups (broad SMARTS) is 1. The average Bonchev–Trinajstić information content (AvgIpc) is 3.27. The van der Waals surface area contributed by atoms with Gasteiger partial charge in [-0.25, -0.2) is 14.3 Å². The molecule has 5 rings (SSSR count). The van der Waals surface area contributed by atoms with Gasteiger partial charge < -0.3 is 5.11 Å². The molecular formula is C22H18N6O3. The zero-order valence-corrected chi connectivity index (χ0v) is 16.9. The van der Waals surface area contributed by atoms with Crippen LogP contribution in [0.1, 0.15) is 5.56 Å². The van der Waals surface area contributed by atoms with Crippen molar-refractivity contribution in [3.8, 4) is 16.9 Å². The van der Waals surface area contributed by atoms with E-state index in [0.717, 1.165) is 27.6 Å². The van der Waals surface area contributed by atoms with Gasteiger partial charge in [0.05, 0.1) is 28.9 Å². The van der Waals surface area contributed by atoms with Crippen molar-refractivity contribution in [2.45, 2.75) is 13.5 Å². The maximum atomic E-state index is 13.1. The van der Waals surface area contributed by atoms with Gasteiger partial charge in [-0.05, 0) is 30.7 Å². The van der Waals surface area contributed by atoms with Gasteiger partial charge in [0.15, 0.2) is 0 Å². The number of hydrogen-bond donors (Lipinski definition) is 1. The van der Waals surface area contributed by atoms with Gasteiger partial charge in [-0.2, -0.15) is 5.10 Å². The van der Waals surface area contributed by atoms with E-state index in [1.54, 1.807) is 47.7 Å². The van der Waals surface area contributed by atoms with Crippen LogP contribution in [0.3, 0.4) is 0 Å². The molecule has 31 heavy (non-hydrogen) atoms. The number of aryl methyl sites for hydroxylation is 2. The molecule has 0 radical (unpaired) electrons. The van der Waals surface area contributed by atoms with E-state index in [-0.39, 0.29) is 0 Å². The summed E-state index contributed by atoms with van der Waals surface area (Å²) in [6.07, 6.45) is 6.99. The van der Waals surface area contributed by atoms with Crippen LogP contribution in [0.2, 0.25) is 0 Å². The maximum Gasteiger partial charge on any atom is 0.335 e. The van der Waals surface area contributed by atoms with E-state index in [1.165, 1.54) is 9.13 Å². The fourth-order valence-corrected chi connectivity index (χ4v) is 3.94. The molecule has 5 aromatic rings. The molecule has 0 aliphatic carbocycles. The topological polar surface area (TPSA) is 108 Å². The molecule has 0 aliphatic rings. The van der Waals surface area contributed by atoms with E-state index in [4.69, 9.17) is 0 Å². The van der Waals surface area contributed by atoms with Crippen molar-refractivity contribution >= 4 is 27.9 Å². The molecule has 0 fully saturated rings. The Hall–Kier alpha value is -4.27. The molecular weight excluding hydrogens is 396 g/mol. The number of rotatable bonds is 4. The second-order valence-corrected chi connectivity index (χ2v) is 7.33. The number of benzene rings is 1. The van der Waals surface area contributed by atoms with E-state index >= 15 is 0 Å². The van der Waals surface area contributed by atoms with Crippen molar-refractivity contribution in [3.63, 3.8) is 0 Å². The summed E-state index contributed by atoms with van der Waals surface area (Å²) < 4.78 is 4.47. The van der Waals surface area contributed by atoms with Gasteiger partial charge in [-0.1, -0.05) is 12.1 Å². The lowest BCUT2D eigenvalue weighted by Gasteiger charge is -2.07. The van der Waals surface area contributed by atoms with Crippen LogP contribution in [0, 0.1) is 6.92 Å². The summed E-state index contributed by atoms with van der Waals surface area (Å²) in [5.41, 5.74) is 4.25. The van der Waals surface area contributed by atoms with Crippen LogP contribution in [0.15, 0.2) is 59.9 Å². The fourth-order valence-electron chi connectivity index (χ4n) is 3.94. The van der Waals surface area contributed by atoms with Gasteiger partial charge in [0.2, 0.25) is 0 Å². The second kappa shape index (κ2) is 6.91. The molecule has 0 saturated heterocycles. The Morgan fingerprint density at radius 3 is 2.65 bits per heavy atom. The van der Waals surface area contributed by atoms with Crippen LogP contribution < -0.4 is 5.69 Å². The van der Waals surface area contributed by atoms with Gasteiger partial charge in [-0.3, -0.25) is 19.0 Å². The van der Waals surface area contributed by atoms with Crippen LogP contribution in [0.5, 0.6) is 0 Å². The third kappa shape index (κ3) is 2.90. The first-order valence-corrected chi connectivity index (χ1v) is 9.61. The quantitative estimate of drug-likeness (QED) is 0.484. The first-order chi connectivity index (χ1) is 15.0. The molecule has 9 nitrogen and oxygen atoms in total. The summed E-state index contributed by atoms with van der Waals surface area (Å²) in [4.78, 5) is 33.2. The number of pyridine rings is 2. The van der Waals surface area contributed by atoms with Crippen molar-refractivity contribution in [3.05, 3.63) is 71.2 Å². The average molecular weight is 414 g/mol. The smallest absolute Gasteiger partial charge is 0.335 e. The molecule has 0 spiro atoms.